The van der Waals surface area contributed by atoms with Crippen molar-refractivity contribution >= 4 is 11.6 Å². The highest BCUT2D eigenvalue weighted by Crippen LogP contribution is 2.23. The minimum Gasteiger partial charge on any atom is -0.492 e. The van der Waals surface area contributed by atoms with Crippen LogP contribution in [0.15, 0.2) is 41.0 Å². The van der Waals surface area contributed by atoms with Gasteiger partial charge >= 0.3 is 0 Å². The lowest BCUT2D eigenvalue weighted by molar-refractivity contribution is 0.0935. The second kappa shape index (κ2) is 6.14. The summed E-state index contributed by atoms with van der Waals surface area (Å²) in [4.78, 5) is 12.1. The van der Waals surface area contributed by atoms with Gasteiger partial charge in [0.25, 0.3) is 5.91 Å². The number of nitrogens with two attached hydrogens (primary N) is 1. The summed E-state index contributed by atoms with van der Waals surface area (Å²) >= 11 is 0. The van der Waals surface area contributed by atoms with Crippen LogP contribution < -0.4 is 15.8 Å². The van der Waals surface area contributed by atoms with Gasteiger partial charge in [-0.2, -0.15) is 0 Å². The molecule has 1 unspecified atom stereocenters. The van der Waals surface area contributed by atoms with Crippen molar-refractivity contribution in [1.82, 2.24) is 5.32 Å². The molecule has 5 heteroatoms. The van der Waals surface area contributed by atoms with Crippen LogP contribution in [0.1, 0.15) is 36.0 Å². The van der Waals surface area contributed by atoms with E-state index in [-0.39, 0.29) is 11.9 Å². The first kappa shape index (κ1) is 14.0. The van der Waals surface area contributed by atoms with Crippen LogP contribution in [-0.4, -0.2) is 12.5 Å². The number of carbonyl (C=O) groups excluding carboxylic acids is 1. The molecule has 2 rings (SSSR count). The first-order valence-corrected chi connectivity index (χ1v) is 6.48. The average molecular weight is 274 g/mol. The van der Waals surface area contributed by atoms with Crippen molar-refractivity contribution in [3.05, 3.63) is 47.9 Å². The number of nitrogen functional groups attached to an aromatic ring is 1. The lowest BCUT2D eigenvalue weighted by Crippen LogP contribution is -2.26. The van der Waals surface area contributed by atoms with Crippen molar-refractivity contribution in [1.29, 1.82) is 0 Å². The average Bonchev–Trinajstić information content (AvgIpc) is 2.95. The van der Waals surface area contributed by atoms with Gasteiger partial charge in [-0.05, 0) is 44.2 Å². The van der Waals surface area contributed by atoms with Gasteiger partial charge in [-0.25, -0.2) is 0 Å². The highest BCUT2D eigenvalue weighted by molar-refractivity contribution is 5.95. The van der Waals surface area contributed by atoms with Crippen LogP contribution in [0.2, 0.25) is 0 Å². The summed E-state index contributed by atoms with van der Waals surface area (Å²) in [5, 5.41) is 2.85. The topological polar surface area (TPSA) is 77.5 Å². The molecule has 0 aliphatic rings. The summed E-state index contributed by atoms with van der Waals surface area (Å²) in [6, 6.07) is 8.39. The van der Waals surface area contributed by atoms with Crippen LogP contribution >= 0.6 is 0 Å². The van der Waals surface area contributed by atoms with Gasteiger partial charge in [-0.15, -0.1) is 0 Å². The Hall–Kier alpha value is -2.43. The molecule has 1 aromatic carbocycles. The maximum absolute atomic E-state index is 12.1. The number of furan rings is 1. The Labute approximate surface area is 117 Å². The first-order valence-electron chi connectivity index (χ1n) is 6.48. The predicted molar refractivity (Wildman–Crippen MR) is 76.6 cm³/mol. The van der Waals surface area contributed by atoms with E-state index in [0.29, 0.717) is 29.4 Å². The zero-order chi connectivity index (χ0) is 14.5. The monoisotopic (exact) mass is 274 g/mol. The predicted octanol–water partition coefficient (Wildman–Crippen LogP) is 2.75. The van der Waals surface area contributed by atoms with Gasteiger partial charge in [0.15, 0.2) is 0 Å². The third-order valence-electron chi connectivity index (χ3n) is 2.89. The Bertz CT molecular complexity index is 579. The van der Waals surface area contributed by atoms with Crippen LogP contribution in [0, 0.1) is 0 Å². The highest BCUT2D eigenvalue weighted by atomic mass is 16.5. The van der Waals surface area contributed by atoms with Crippen LogP contribution in [0.5, 0.6) is 5.75 Å². The van der Waals surface area contributed by atoms with Gasteiger partial charge in [0.05, 0.1) is 24.6 Å². The molecule has 2 aromatic rings. The third-order valence-corrected chi connectivity index (χ3v) is 2.89. The number of amides is 1. The van der Waals surface area contributed by atoms with E-state index in [0.717, 1.165) is 0 Å². The van der Waals surface area contributed by atoms with Crippen LogP contribution in [0.3, 0.4) is 0 Å². The van der Waals surface area contributed by atoms with Crippen molar-refractivity contribution < 1.29 is 13.9 Å². The van der Waals surface area contributed by atoms with Gasteiger partial charge in [0.1, 0.15) is 11.5 Å². The fourth-order valence-corrected chi connectivity index (χ4v) is 1.87. The number of nitrogens with one attached hydrogen (secondary N) is 1. The number of rotatable bonds is 5. The van der Waals surface area contributed by atoms with E-state index in [2.05, 4.69) is 5.32 Å². The molecule has 3 N–H and O–H groups in total. The summed E-state index contributed by atoms with van der Waals surface area (Å²) in [5.74, 6) is 1.09. The second-order valence-corrected chi connectivity index (χ2v) is 4.40. The van der Waals surface area contributed by atoms with E-state index >= 15 is 0 Å². The summed E-state index contributed by atoms with van der Waals surface area (Å²) in [6.07, 6.45) is 1.58. The van der Waals surface area contributed by atoms with Gasteiger partial charge in [0, 0.05) is 5.56 Å². The molecule has 106 valence electrons. The summed E-state index contributed by atoms with van der Waals surface area (Å²) < 4.78 is 10.6. The molecule has 1 amide bonds. The molecular weight excluding hydrogens is 256 g/mol. The second-order valence-electron chi connectivity index (χ2n) is 4.40. The number of carbonyl (C=O) groups is 1. The van der Waals surface area contributed by atoms with Gasteiger partial charge < -0.3 is 20.2 Å². The van der Waals surface area contributed by atoms with Crippen molar-refractivity contribution in [2.24, 2.45) is 0 Å². The van der Waals surface area contributed by atoms with Crippen molar-refractivity contribution in [2.45, 2.75) is 19.9 Å². The van der Waals surface area contributed by atoms with Crippen LogP contribution in [-0.2, 0) is 0 Å². The SMILES string of the molecule is CCOc1ccc(C(=O)NC(C)c2ccco2)cc1N. The Balaban J connectivity index is 2.07. The highest BCUT2D eigenvalue weighted by Gasteiger charge is 2.14. The summed E-state index contributed by atoms with van der Waals surface area (Å²) in [6.45, 7) is 4.27. The Kier molecular flexibility index (Phi) is 4.30. The molecule has 0 radical (unpaired) electrons. The Morgan fingerprint density at radius 1 is 1.45 bits per heavy atom. The van der Waals surface area contributed by atoms with Gasteiger partial charge in [0.2, 0.25) is 0 Å². The molecular formula is C15H18N2O3. The fraction of sp³-hybridized carbons (Fsp3) is 0.267. The molecule has 0 fully saturated rings. The molecule has 5 nitrogen and oxygen atoms in total. The molecule has 0 aliphatic carbocycles. The maximum atomic E-state index is 12.1. The number of anilines is 1. The fourth-order valence-electron chi connectivity index (χ4n) is 1.87. The van der Waals surface area contributed by atoms with E-state index < -0.39 is 0 Å². The maximum Gasteiger partial charge on any atom is 0.251 e. The Morgan fingerprint density at radius 3 is 2.85 bits per heavy atom. The Morgan fingerprint density at radius 2 is 2.25 bits per heavy atom. The molecule has 0 spiro atoms. The van der Waals surface area contributed by atoms with Crippen LogP contribution in [0.25, 0.3) is 0 Å². The van der Waals surface area contributed by atoms with E-state index in [1.54, 1.807) is 30.5 Å². The largest absolute Gasteiger partial charge is 0.492 e. The van der Waals surface area contributed by atoms with E-state index in [1.807, 2.05) is 19.9 Å². The van der Waals surface area contributed by atoms with Gasteiger partial charge in [-0.3, -0.25) is 4.79 Å². The van der Waals surface area contributed by atoms with Gasteiger partial charge in [-0.1, -0.05) is 0 Å². The summed E-state index contributed by atoms with van der Waals surface area (Å²) in [5.41, 5.74) is 6.79. The normalized spacial score (nSPS) is 11.9. The quantitative estimate of drug-likeness (QED) is 0.822. The third kappa shape index (κ3) is 3.12. The molecule has 1 heterocycles. The minimum atomic E-state index is -0.205. The van der Waals surface area contributed by atoms with E-state index in [9.17, 15) is 4.79 Å². The molecule has 0 saturated carbocycles. The standard InChI is InChI=1S/C15H18N2O3/c1-3-19-14-7-6-11(9-12(14)16)15(18)17-10(2)13-5-4-8-20-13/h4-10H,3,16H2,1-2H3,(H,17,18). The zero-order valence-corrected chi connectivity index (χ0v) is 11.6. The molecule has 1 aromatic heterocycles. The lowest BCUT2D eigenvalue weighted by atomic mass is 10.1. The lowest BCUT2D eigenvalue weighted by Gasteiger charge is -2.13. The summed E-state index contributed by atoms with van der Waals surface area (Å²) in [7, 11) is 0. The zero-order valence-electron chi connectivity index (χ0n) is 11.6. The molecule has 1 atom stereocenters. The smallest absolute Gasteiger partial charge is 0.251 e. The van der Waals surface area contributed by atoms with Crippen LogP contribution in [0.4, 0.5) is 5.69 Å². The molecule has 0 saturated heterocycles. The van der Waals surface area contributed by atoms with Crippen molar-refractivity contribution in [2.75, 3.05) is 12.3 Å². The molecule has 0 bridgehead atoms. The minimum absolute atomic E-state index is 0.203. The number of hydrogen-bond acceptors (Lipinski definition) is 4. The van der Waals surface area contributed by atoms with E-state index in [1.165, 1.54) is 0 Å². The number of benzene rings is 1. The number of hydrogen-bond donors (Lipinski definition) is 2. The first-order chi connectivity index (χ1) is 9.61. The van der Waals surface area contributed by atoms with Crippen molar-refractivity contribution in [3.63, 3.8) is 0 Å². The van der Waals surface area contributed by atoms with E-state index in [4.69, 9.17) is 14.9 Å². The molecule has 20 heavy (non-hydrogen) atoms. The molecule has 0 aliphatic heterocycles. The van der Waals surface area contributed by atoms with Crippen molar-refractivity contribution in [3.8, 4) is 5.75 Å². The number of ether oxygens (including phenoxy) is 1.